The minimum absolute atomic E-state index is 0.182. The van der Waals surface area contributed by atoms with Crippen LogP contribution in [0.1, 0.15) is 51.5 Å². The first-order valence-corrected chi connectivity index (χ1v) is 8.88. The zero-order valence-electron chi connectivity index (χ0n) is 15.2. The van der Waals surface area contributed by atoms with Crippen LogP contribution in [0.2, 0.25) is 0 Å². The maximum absolute atomic E-state index is 12.8. The van der Waals surface area contributed by atoms with Gasteiger partial charge < -0.3 is 15.7 Å². The van der Waals surface area contributed by atoms with Gasteiger partial charge in [0.05, 0.1) is 5.41 Å². The fourth-order valence-corrected chi connectivity index (χ4v) is 3.49. The van der Waals surface area contributed by atoms with Gasteiger partial charge in [0, 0.05) is 12.3 Å². The van der Waals surface area contributed by atoms with E-state index in [1.165, 1.54) is 5.56 Å². The van der Waals surface area contributed by atoms with Gasteiger partial charge in [-0.1, -0.05) is 35.5 Å². The quantitative estimate of drug-likeness (QED) is 0.329. The number of hydrogen-bond donors (Lipinski definition) is 3. The van der Waals surface area contributed by atoms with Gasteiger partial charge in [-0.05, 0) is 39.2 Å². The van der Waals surface area contributed by atoms with Gasteiger partial charge in [0.25, 0.3) is 0 Å². The van der Waals surface area contributed by atoms with Gasteiger partial charge in [0.2, 0.25) is 0 Å². The fourth-order valence-electron chi connectivity index (χ4n) is 3.49. The van der Waals surface area contributed by atoms with Crippen molar-refractivity contribution in [2.24, 2.45) is 16.3 Å². The molecule has 4 N–H and O–H groups in total. The summed E-state index contributed by atoms with van der Waals surface area (Å²) in [5, 5.41) is 12.3. The number of amidine groups is 1. The second-order valence-corrected chi connectivity index (χ2v) is 8.33. The van der Waals surface area contributed by atoms with Crippen molar-refractivity contribution in [3.05, 3.63) is 35.9 Å². The summed E-state index contributed by atoms with van der Waals surface area (Å²) in [4.78, 5) is 13.6. The van der Waals surface area contributed by atoms with E-state index in [9.17, 15) is 4.79 Å². The number of nitrogens with one attached hydrogen (secondary N) is 1. The number of ether oxygens (including phenoxy) is 1. The molecular weight excluding hydrogens is 318 g/mol. The zero-order valence-corrected chi connectivity index (χ0v) is 15.2. The SMILES string of the molecule is CC(C)(C)OC(=O)[NH+](CC1(C(N)=NO)CC1)C1CC1c1ccccc1. The molecule has 0 spiro atoms. The second-order valence-electron chi connectivity index (χ2n) is 8.33. The molecule has 2 saturated carbocycles. The molecule has 2 aliphatic rings. The van der Waals surface area contributed by atoms with E-state index in [2.05, 4.69) is 17.3 Å². The van der Waals surface area contributed by atoms with Crippen molar-refractivity contribution in [2.45, 2.75) is 57.6 Å². The molecule has 0 saturated heterocycles. The Bertz CT molecular complexity index is 662. The highest BCUT2D eigenvalue weighted by molar-refractivity contribution is 5.88. The minimum Gasteiger partial charge on any atom is -0.414 e. The summed E-state index contributed by atoms with van der Waals surface area (Å²) in [6.07, 6.45) is 2.40. The lowest BCUT2D eigenvalue weighted by Crippen LogP contribution is -3.17. The van der Waals surface area contributed by atoms with Crippen LogP contribution in [0.4, 0.5) is 4.79 Å². The number of carbonyl (C=O) groups excluding carboxylic acids is 1. The number of rotatable bonds is 5. The van der Waals surface area contributed by atoms with Crippen LogP contribution in [0.3, 0.4) is 0 Å². The number of oxime groups is 1. The number of nitrogens with two attached hydrogens (primary N) is 1. The van der Waals surface area contributed by atoms with Crippen LogP contribution < -0.4 is 10.6 Å². The molecule has 0 heterocycles. The highest BCUT2D eigenvalue weighted by Gasteiger charge is 2.58. The molecule has 136 valence electrons. The first kappa shape index (κ1) is 17.7. The number of quaternary nitrogens is 1. The van der Waals surface area contributed by atoms with Crippen molar-refractivity contribution >= 4 is 11.9 Å². The normalized spacial score (nSPS) is 26.0. The third-order valence-electron chi connectivity index (χ3n) is 5.16. The molecule has 6 nitrogen and oxygen atoms in total. The molecule has 3 rings (SSSR count). The Balaban J connectivity index is 1.78. The molecule has 3 unspecified atom stereocenters. The Morgan fingerprint density at radius 1 is 1.36 bits per heavy atom. The smallest absolute Gasteiger partial charge is 0.414 e. The Morgan fingerprint density at radius 3 is 2.52 bits per heavy atom. The Morgan fingerprint density at radius 2 is 2.00 bits per heavy atom. The van der Waals surface area contributed by atoms with Crippen LogP contribution in [0, 0.1) is 5.41 Å². The van der Waals surface area contributed by atoms with Gasteiger partial charge in [-0.2, -0.15) is 4.79 Å². The number of carbonyl (C=O) groups is 1. The fraction of sp³-hybridized carbons (Fsp3) is 0.579. The number of benzene rings is 1. The Labute approximate surface area is 148 Å². The Kier molecular flexibility index (Phi) is 4.49. The summed E-state index contributed by atoms with van der Waals surface area (Å²) in [6.45, 7) is 6.15. The van der Waals surface area contributed by atoms with Gasteiger partial charge in [-0.3, -0.25) is 0 Å². The molecule has 1 amide bonds. The predicted octanol–water partition coefficient (Wildman–Crippen LogP) is 1.89. The lowest BCUT2D eigenvalue weighted by Gasteiger charge is -2.26. The van der Waals surface area contributed by atoms with Gasteiger partial charge in [-0.15, -0.1) is 0 Å². The van der Waals surface area contributed by atoms with E-state index in [0.717, 1.165) is 24.2 Å². The molecule has 1 aromatic carbocycles. The second kappa shape index (κ2) is 6.33. The molecule has 2 fully saturated rings. The molecule has 2 aliphatic carbocycles. The van der Waals surface area contributed by atoms with E-state index in [1.54, 1.807) is 0 Å². The van der Waals surface area contributed by atoms with Gasteiger partial charge in [0.1, 0.15) is 18.2 Å². The molecule has 3 atom stereocenters. The first-order valence-electron chi connectivity index (χ1n) is 8.88. The highest BCUT2D eigenvalue weighted by Crippen LogP contribution is 2.46. The molecule has 0 radical (unpaired) electrons. The Hall–Kier alpha value is -2.08. The van der Waals surface area contributed by atoms with Crippen molar-refractivity contribution in [1.82, 2.24) is 0 Å². The minimum atomic E-state index is -0.535. The molecule has 25 heavy (non-hydrogen) atoms. The average molecular weight is 346 g/mol. The summed E-state index contributed by atoms with van der Waals surface area (Å²) in [5.41, 5.74) is 6.24. The maximum Gasteiger partial charge on any atom is 0.515 e. The number of alkyl carbamates (subject to hydrolysis) is 2. The highest BCUT2D eigenvalue weighted by atomic mass is 16.6. The number of amides is 1. The number of hydrogen-bond acceptors (Lipinski definition) is 4. The van der Waals surface area contributed by atoms with Crippen LogP contribution in [0.5, 0.6) is 0 Å². The summed E-state index contributed by atoms with van der Waals surface area (Å²) >= 11 is 0. The van der Waals surface area contributed by atoms with E-state index in [-0.39, 0.29) is 23.4 Å². The van der Waals surface area contributed by atoms with Crippen molar-refractivity contribution in [3.8, 4) is 0 Å². The summed E-state index contributed by atoms with van der Waals surface area (Å²) < 4.78 is 5.65. The predicted molar refractivity (Wildman–Crippen MR) is 94.7 cm³/mol. The maximum atomic E-state index is 12.8. The zero-order chi connectivity index (χ0) is 18.2. The van der Waals surface area contributed by atoms with E-state index >= 15 is 0 Å². The molecule has 0 aromatic heterocycles. The average Bonchev–Trinajstić information content (AvgIpc) is 3.45. The molecule has 6 heteroatoms. The van der Waals surface area contributed by atoms with Crippen LogP contribution in [-0.4, -0.2) is 35.3 Å². The van der Waals surface area contributed by atoms with E-state index < -0.39 is 5.60 Å². The van der Waals surface area contributed by atoms with Crippen molar-refractivity contribution in [1.29, 1.82) is 0 Å². The van der Waals surface area contributed by atoms with Crippen LogP contribution in [0.25, 0.3) is 0 Å². The monoisotopic (exact) mass is 346 g/mol. The standard InChI is InChI=1S/C19H27N3O3/c1-18(2,3)25-17(23)22(12-19(9-10-19)16(20)21-24)15-11-14(15)13-7-5-4-6-8-13/h4-8,14-15,24H,9-12H2,1-3H3,(H2,20,21)/p+1. The molecule has 0 bridgehead atoms. The molecule has 1 aromatic rings. The summed E-state index contributed by atoms with van der Waals surface area (Å²) in [5.74, 6) is 0.581. The van der Waals surface area contributed by atoms with E-state index in [1.807, 2.05) is 39.0 Å². The van der Waals surface area contributed by atoms with E-state index in [4.69, 9.17) is 15.7 Å². The van der Waals surface area contributed by atoms with Crippen molar-refractivity contribution < 1.29 is 19.6 Å². The lowest BCUT2D eigenvalue weighted by atomic mass is 10.0. The molecule has 0 aliphatic heterocycles. The first-order chi connectivity index (χ1) is 11.8. The van der Waals surface area contributed by atoms with Crippen LogP contribution in [-0.2, 0) is 4.74 Å². The third-order valence-corrected chi connectivity index (χ3v) is 5.16. The van der Waals surface area contributed by atoms with Gasteiger partial charge >= 0.3 is 6.09 Å². The van der Waals surface area contributed by atoms with Gasteiger partial charge in [0.15, 0.2) is 5.84 Å². The third kappa shape index (κ3) is 3.95. The van der Waals surface area contributed by atoms with Crippen molar-refractivity contribution in [3.63, 3.8) is 0 Å². The molecular formula is C19H28N3O3+. The van der Waals surface area contributed by atoms with Crippen molar-refractivity contribution in [2.75, 3.05) is 6.54 Å². The van der Waals surface area contributed by atoms with Crippen LogP contribution >= 0.6 is 0 Å². The number of nitrogens with zero attached hydrogens (tertiary/aromatic N) is 1. The lowest BCUT2D eigenvalue weighted by molar-refractivity contribution is -0.841. The topological polar surface area (TPSA) is 89.4 Å². The van der Waals surface area contributed by atoms with E-state index in [0.29, 0.717) is 12.5 Å². The summed E-state index contributed by atoms with van der Waals surface area (Å²) in [7, 11) is 0. The summed E-state index contributed by atoms with van der Waals surface area (Å²) in [6, 6.07) is 10.4. The largest absolute Gasteiger partial charge is 0.515 e. The van der Waals surface area contributed by atoms with Gasteiger partial charge in [-0.25, -0.2) is 4.90 Å². The van der Waals surface area contributed by atoms with Crippen LogP contribution in [0.15, 0.2) is 35.5 Å².